The maximum absolute atomic E-state index is 11.9. The number of hydrogen-bond acceptors (Lipinski definition) is 3. The van der Waals surface area contributed by atoms with Crippen molar-refractivity contribution >= 4 is 12.1 Å². The number of rotatable bonds is 4. The first-order valence-electron chi connectivity index (χ1n) is 6.40. The lowest BCUT2D eigenvalue weighted by Crippen LogP contribution is -2.50. The van der Waals surface area contributed by atoms with Crippen LogP contribution in [0.3, 0.4) is 0 Å². The van der Waals surface area contributed by atoms with Crippen LogP contribution in [0.4, 0.5) is 4.79 Å². The van der Waals surface area contributed by atoms with E-state index in [0.717, 1.165) is 10.5 Å². The summed E-state index contributed by atoms with van der Waals surface area (Å²) in [5.41, 5.74) is 0.281. The van der Waals surface area contributed by atoms with Gasteiger partial charge in [0.05, 0.1) is 0 Å². The highest BCUT2D eigenvalue weighted by Gasteiger charge is 2.37. The van der Waals surface area contributed by atoms with E-state index in [2.05, 4.69) is 0 Å². The van der Waals surface area contributed by atoms with Gasteiger partial charge in [-0.05, 0) is 11.0 Å². The highest BCUT2D eigenvalue weighted by atomic mass is 16.6. The molecule has 0 bridgehead atoms. The van der Waals surface area contributed by atoms with Crippen LogP contribution in [0, 0.1) is 5.41 Å². The summed E-state index contributed by atoms with van der Waals surface area (Å²) < 4.78 is 5.14. The first-order valence-corrected chi connectivity index (χ1v) is 6.40. The van der Waals surface area contributed by atoms with Gasteiger partial charge in [0.1, 0.15) is 12.6 Å². The molecule has 0 fully saturated rings. The summed E-state index contributed by atoms with van der Waals surface area (Å²) >= 11 is 0. The number of amides is 1. The van der Waals surface area contributed by atoms with E-state index in [4.69, 9.17) is 4.74 Å². The number of carbonyl (C=O) groups is 2. The third-order valence-corrected chi connectivity index (χ3v) is 2.93. The standard InChI is InChI=1S/C15H21NO4/c1-15(2,3)12(13(17)18)16(4)14(19)20-10-11-8-6-5-7-9-11/h5-9,12H,10H2,1-4H3,(H,17,18)/t12-/m1/s1. The second-order valence-corrected chi connectivity index (χ2v) is 5.76. The molecule has 1 N–H and O–H groups in total. The molecule has 0 saturated carbocycles. The van der Waals surface area contributed by atoms with Gasteiger partial charge in [-0.1, -0.05) is 51.1 Å². The van der Waals surface area contributed by atoms with Gasteiger partial charge in [-0.2, -0.15) is 0 Å². The lowest BCUT2D eigenvalue weighted by atomic mass is 9.86. The fraction of sp³-hybridized carbons (Fsp3) is 0.467. The average Bonchev–Trinajstić information content (AvgIpc) is 2.34. The Kier molecular flexibility index (Phi) is 5.13. The van der Waals surface area contributed by atoms with Crippen molar-refractivity contribution in [2.45, 2.75) is 33.4 Å². The molecule has 0 aliphatic heterocycles. The van der Waals surface area contributed by atoms with E-state index in [9.17, 15) is 14.7 Å². The van der Waals surface area contributed by atoms with Crippen LogP contribution in [0.1, 0.15) is 26.3 Å². The molecule has 1 amide bonds. The number of carboxylic acid groups (broad SMARTS) is 1. The van der Waals surface area contributed by atoms with Gasteiger partial charge >= 0.3 is 12.1 Å². The van der Waals surface area contributed by atoms with E-state index >= 15 is 0 Å². The summed E-state index contributed by atoms with van der Waals surface area (Å²) in [4.78, 5) is 24.4. The van der Waals surface area contributed by atoms with Crippen LogP contribution >= 0.6 is 0 Å². The first-order chi connectivity index (χ1) is 9.23. The van der Waals surface area contributed by atoms with Crippen LogP contribution in [0.2, 0.25) is 0 Å². The number of carboxylic acids is 1. The Morgan fingerprint density at radius 2 is 1.80 bits per heavy atom. The van der Waals surface area contributed by atoms with E-state index in [1.165, 1.54) is 7.05 Å². The fourth-order valence-corrected chi connectivity index (χ4v) is 2.04. The minimum Gasteiger partial charge on any atom is -0.480 e. The summed E-state index contributed by atoms with van der Waals surface area (Å²) in [5, 5.41) is 9.26. The summed E-state index contributed by atoms with van der Waals surface area (Å²) in [6.45, 7) is 5.44. The molecule has 5 heteroatoms. The van der Waals surface area contributed by atoms with Crippen LogP contribution in [-0.4, -0.2) is 35.2 Å². The molecule has 1 rings (SSSR count). The Balaban J connectivity index is 2.68. The highest BCUT2D eigenvalue weighted by Crippen LogP contribution is 2.24. The number of benzene rings is 1. The Bertz CT molecular complexity index is 465. The predicted octanol–water partition coefficient (Wildman–Crippen LogP) is 2.75. The van der Waals surface area contributed by atoms with Gasteiger partial charge < -0.3 is 9.84 Å². The van der Waals surface area contributed by atoms with Gasteiger partial charge in [0.15, 0.2) is 0 Å². The molecule has 5 nitrogen and oxygen atoms in total. The van der Waals surface area contributed by atoms with E-state index < -0.39 is 23.5 Å². The van der Waals surface area contributed by atoms with Gasteiger partial charge in [0.2, 0.25) is 0 Å². The van der Waals surface area contributed by atoms with Crippen LogP contribution in [-0.2, 0) is 16.1 Å². The zero-order chi connectivity index (χ0) is 15.3. The molecule has 1 atom stereocenters. The number of hydrogen-bond donors (Lipinski definition) is 1. The van der Waals surface area contributed by atoms with Crippen LogP contribution in [0.25, 0.3) is 0 Å². The first kappa shape index (κ1) is 16.0. The number of ether oxygens (including phenoxy) is 1. The SMILES string of the molecule is CN(C(=O)OCc1ccccc1)[C@H](C(=O)O)C(C)(C)C. The highest BCUT2D eigenvalue weighted by molar-refractivity contribution is 5.80. The van der Waals surface area contributed by atoms with Crippen molar-refractivity contribution < 1.29 is 19.4 Å². The fourth-order valence-electron chi connectivity index (χ4n) is 2.04. The van der Waals surface area contributed by atoms with Crippen molar-refractivity contribution in [2.75, 3.05) is 7.05 Å². The Morgan fingerprint density at radius 3 is 2.25 bits per heavy atom. The van der Waals surface area contributed by atoms with Gasteiger partial charge in [0.25, 0.3) is 0 Å². The predicted molar refractivity (Wildman–Crippen MR) is 75.3 cm³/mol. The zero-order valence-corrected chi connectivity index (χ0v) is 12.3. The normalized spacial score (nSPS) is 12.6. The maximum atomic E-state index is 11.9. The number of nitrogens with zero attached hydrogens (tertiary/aromatic N) is 1. The van der Waals surface area contributed by atoms with Crippen LogP contribution < -0.4 is 0 Å². The van der Waals surface area contributed by atoms with Crippen molar-refractivity contribution in [3.63, 3.8) is 0 Å². The monoisotopic (exact) mass is 279 g/mol. The molecule has 0 radical (unpaired) electrons. The quantitative estimate of drug-likeness (QED) is 0.920. The van der Waals surface area contributed by atoms with Crippen LogP contribution in [0.15, 0.2) is 30.3 Å². The smallest absolute Gasteiger partial charge is 0.410 e. The molecule has 0 aliphatic rings. The molecule has 110 valence electrons. The molecular formula is C15H21NO4. The zero-order valence-electron chi connectivity index (χ0n) is 12.3. The molecule has 1 aromatic carbocycles. The second kappa shape index (κ2) is 6.41. The van der Waals surface area contributed by atoms with E-state index in [0.29, 0.717) is 0 Å². The largest absolute Gasteiger partial charge is 0.480 e. The van der Waals surface area contributed by atoms with Gasteiger partial charge in [-0.25, -0.2) is 9.59 Å². The molecule has 0 aromatic heterocycles. The Morgan fingerprint density at radius 1 is 1.25 bits per heavy atom. The Hall–Kier alpha value is -2.04. The van der Waals surface area contributed by atoms with Crippen molar-refractivity contribution in [3.8, 4) is 0 Å². The van der Waals surface area contributed by atoms with E-state index in [1.54, 1.807) is 20.8 Å². The third kappa shape index (κ3) is 4.26. The lowest BCUT2D eigenvalue weighted by molar-refractivity contribution is -0.146. The molecule has 0 saturated heterocycles. The summed E-state index contributed by atoms with van der Waals surface area (Å²) in [7, 11) is 1.44. The van der Waals surface area contributed by atoms with Crippen molar-refractivity contribution in [1.82, 2.24) is 4.90 Å². The number of carbonyl (C=O) groups excluding carboxylic acids is 1. The lowest BCUT2D eigenvalue weighted by Gasteiger charge is -2.33. The van der Waals surface area contributed by atoms with E-state index in [-0.39, 0.29) is 6.61 Å². The van der Waals surface area contributed by atoms with Gasteiger partial charge in [0, 0.05) is 7.05 Å². The van der Waals surface area contributed by atoms with Crippen molar-refractivity contribution in [2.24, 2.45) is 5.41 Å². The van der Waals surface area contributed by atoms with Gasteiger partial charge in [-0.15, -0.1) is 0 Å². The molecule has 20 heavy (non-hydrogen) atoms. The summed E-state index contributed by atoms with van der Waals surface area (Å²) in [5.74, 6) is -1.04. The molecular weight excluding hydrogens is 258 g/mol. The topological polar surface area (TPSA) is 66.8 Å². The Labute approximate surface area is 119 Å². The molecule has 0 heterocycles. The molecule has 0 spiro atoms. The third-order valence-electron chi connectivity index (χ3n) is 2.93. The second-order valence-electron chi connectivity index (χ2n) is 5.76. The molecule has 0 aliphatic carbocycles. The van der Waals surface area contributed by atoms with Crippen LogP contribution in [0.5, 0.6) is 0 Å². The number of likely N-dealkylation sites (N-methyl/N-ethyl adjacent to an activating group) is 1. The van der Waals surface area contributed by atoms with Crippen molar-refractivity contribution in [3.05, 3.63) is 35.9 Å². The van der Waals surface area contributed by atoms with Crippen molar-refractivity contribution in [1.29, 1.82) is 0 Å². The van der Waals surface area contributed by atoms with E-state index in [1.807, 2.05) is 30.3 Å². The van der Waals surface area contributed by atoms with Gasteiger partial charge in [-0.3, -0.25) is 4.90 Å². The average molecular weight is 279 g/mol. The maximum Gasteiger partial charge on any atom is 0.410 e. The minimum absolute atomic E-state index is 0.125. The molecule has 1 aromatic rings. The summed E-state index contributed by atoms with van der Waals surface area (Å²) in [6.07, 6.45) is -0.642. The summed E-state index contributed by atoms with van der Waals surface area (Å²) in [6, 6.07) is 8.31. The minimum atomic E-state index is -1.04. The molecule has 0 unspecified atom stereocenters. The number of aliphatic carboxylic acids is 1.